The van der Waals surface area contributed by atoms with Crippen LogP contribution in [0.5, 0.6) is 0 Å². The van der Waals surface area contributed by atoms with Crippen LogP contribution in [0.2, 0.25) is 0 Å². The Bertz CT molecular complexity index is 680. The lowest BCUT2D eigenvalue weighted by Crippen LogP contribution is -1.92. The molecular formula is C12H12N6OS. The average Bonchev–Trinajstić information content (AvgIpc) is 3.09. The SMILES string of the molecule is Nc1nc(CCCc2nc(-c3ncccn3)no2)cs1. The monoisotopic (exact) mass is 288 g/mol. The fourth-order valence-electron chi connectivity index (χ4n) is 1.72. The van der Waals surface area contributed by atoms with Gasteiger partial charge in [0.1, 0.15) is 0 Å². The highest BCUT2D eigenvalue weighted by Gasteiger charge is 2.10. The minimum atomic E-state index is 0.415. The van der Waals surface area contributed by atoms with Gasteiger partial charge in [-0.25, -0.2) is 15.0 Å². The Morgan fingerprint density at radius 1 is 1.10 bits per heavy atom. The van der Waals surface area contributed by atoms with E-state index in [0.29, 0.717) is 29.1 Å². The second kappa shape index (κ2) is 5.74. The van der Waals surface area contributed by atoms with Crippen LogP contribution >= 0.6 is 11.3 Å². The molecular weight excluding hydrogens is 276 g/mol. The lowest BCUT2D eigenvalue weighted by Gasteiger charge is -1.93. The number of nitrogen functional groups attached to an aromatic ring is 1. The smallest absolute Gasteiger partial charge is 0.240 e. The van der Waals surface area contributed by atoms with Crippen LogP contribution in [0.3, 0.4) is 0 Å². The van der Waals surface area contributed by atoms with E-state index in [4.69, 9.17) is 10.3 Å². The molecule has 0 saturated carbocycles. The van der Waals surface area contributed by atoms with E-state index in [9.17, 15) is 0 Å². The number of hydrogen-bond donors (Lipinski definition) is 1. The molecule has 0 aliphatic heterocycles. The first-order valence-electron chi connectivity index (χ1n) is 6.11. The Kier molecular flexibility index (Phi) is 3.64. The zero-order chi connectivity index (χ0) is 13.8. The van der Waals surface area contributed by atoms with E-state index in [0.717, 1.165) is 18.5 Å². The van der Waals surface area contributed by atoms with Gasteiger partial charge in [0.05, 0.1) is 5.69 Å². The van der Waals surface area contributed by atoms with E-state index >= 15 is 0 Å². The molecule has 0 spiro atoms. The van der Waals surface area contributed by atoms with Crippen LogP contribution in [0.1, 0.15) is 18.0 Å². The molecule has 2 N–H and O–H groups in total. The standard InChI is InChI=1S/C12H12N6OS/c13-12-16-8(7-20-12)3-1-4-9-17-11(18-19-9)10-14-5-2-6-15-10/h2,5-7H,1,3-4H2,(H2,13,16). The third-order valence-electron chi connectivity index (χ3n) is 2.63. The maximum absolute atomic E-state index is 5.58. The van der Waals surface area contributed by atoms with Crippen molar-refractivity contribution in [3.8, 4) is 11.6 Å². The first kappa shape index (κ1) is 12.7. The Hall–Kier alpha value is -2.35. The fourth-order valence-corrected chi connectivity index (χ4v) is 2.32. The summed E-state index contributed by atoms with van der Waals surface area (Å²) in [5.74, 6) is 1.46. The number of nitrogens with two attached hydrogens (primary N) is 1. The Morgan fingerprint density at radius 3 is 2.70 bits per heavy atom. The molecule has 3 aromatic heterocycles. The number of aryl methyl sites for hydroxylation is 2. The number of hydrogen-bond acceptors (Lipinski definition) is 8. The van der Waals surface area contributed by atoms with Crippen molar-refractivity contribution in [2.75, 3.05) is 5.73 Å². The molecule has 7 nitrogen and oxygen atoms in total. The van der Waals surface area contributed by atoms with Crippen molar-refractivity contribution >= 4 is 16.5 Å². The molecule has 0 unspecified atom stereocenters. The third-order valence-corrected chi connectivity index (χ3v) is 3.35. The summed E-state index contributed by atoms with van der Waals surface area (Å²) in [4.78, 5) is 16.6. The molecule has 0 aliphatic rings. The second-order valence-corrected chi connectivity index (χ2v) is 5.00. The summed E-state index contributed by atoms with van der Waals surface area (Å²) in [7, 11) is 0. The quantitative estimate of drug-likeness (QED) is 0.762. The van der Waals surface area contributed by atoms with Crippen molar-refractivity contribution < 1.29 is 4.52 Å². The fraction of sp³-hybridized carbons (Fsp3) is 0.250. The zero-order valence-corrected chi connectivity index (χ0v) is 11.4. The van der Waals surface area contributed by atoms with Crippen molar-refractivity contribution in [1.29, 1.82) is 0 Å². The summed E-state index contributed by atoms with van der Waals surface area (Å²) < 4.78 is 5.18. The molecule has 8 heteroatoms. The van der Waals surface area contributed by atoms with Crippen LogP contribution in [0.15, 0.2) is 28.4 Å². The van der Waals surface area contributed by atoms with Crippen LogP contribution in [0.4, 0.5) is 5.13 Å². The highest BCUT2D eigenvalue weighted by atomic mass is 32.1. The first-order valence-corrected chi connectivity index (χ1v) is 6.99. The van der Waals surface area contributed by atoms with Gasteiger partial charge in [-0.05, 0) is 18.9 Å². The van der Waals surface area contributed by atoms with E-state index in [1.54, 1.807) is 18.5 Å². The Morgan fingerprint density at radius 2 is 1.95 bits per heavy atom. The molecule has 3 heterocycles. The van der Waals surface area contributed by atoms with Gasteiger partial charge in [-0.15, -0.1) is 11.3 Å². The Labute approximate surface area is 118 Å². The van der Waals surface area contributed by atoms with E-state index in [1.165, 1.54) is 11.3 Å². The van der Waals surface area contributed by atoms with Gasteiger partial charge in [-0.1, -0.05) is 5.16 Å². The van der Waals surface area contributed by atoms with Gasteiger partial charge >= 0.3 is 0 Å². The van der Waals surface area contributed by atoms with Gasteiger partial charge in [-0.2, -0.15) is 4.98 Å². The molecule has 20 heavy (non-hydrogen) atoms. The van der Waals surface area contributed by atoms with Crippen molar-refractivity contribution in [3.05, 3.63) is 35.4 Å². The molecule has 0 amide bonds. The summed E-state index contributed by atoms with van der Waals surface area (Å²) in [6.07, 6.45) is 5.70. The predicted molar refractivity (Wildman–Crippen MR) is 73.9 cm³/mol. The van der Waals surface area contributed by atoms with Gasteiger partial charge in [0.25, 0.3) is 0 Å². The van der Waals surface area contributed by atoms with E-state index in [2.05, 4.69) is 25.1 Å². The summed E-state index contributed by atoms with van der Waals surface area (Å²) in [6.45, 7) is 0. The minimum Gasteiger partial charge on any atom is -0.375 e. The van der Waals surface area contributed by atoms with Crippen LogP contribution in [-0.2, 0) is 12.8 Å². The number of rotatable bonds is 5. The second-order valence-electron chi connectivity index (χ2n) is 4.11. The minimum absolute atomic E-state index is 0.415. The third kappa shape index (κ3) is 2.97. The van der Waals surface area contributed by atoms with Crippen LogP contribution in [0, 0.1) is 0 Å². The predicted octanol–water partition coefficient (Wildman–Crippen LogP) is 1.74. The molecule has 0 saturated heterocycles. The van der Waals surface area contributed by atoms with Gasteiger partial charge in [0, 0.05) is 24.2 Å². The molecule has 0 fully saturated rings. The largest absolute Gasteiger partial charge is 0.375 e. The van der Waals surface area contributed by atoms with Gasteiger partial charge < -0.3 is 10.3 Å². The lowest BCUT2D eigenvalue weighted by atomic mass is 10.2. The van der Waals surface area contributed by atoms with Crippen molar-refractivity contribution in [3.63, 3.8) is 0 Å². The highest BCUT2D eigenvalue weighted by Crippen LogP contribution is 2.14. The number of thiazole rings is 1. The molecule has 0 aliphatic carbocycles. The summed E-state index contributed by atoms with van der Waals surface area (Å²) >= 11 is 1.45. The maximum Gasteiger partial charge on any atom is 0.240 e. The van der Waals surface area contributed by atoms with E-state index in [1.807, 2.05) is 5.38 Å². The van der Waals surface area contributed by atoms with Crippen LogP contribution < -0.4 is 5.73 Å². The van der Waals surface area contributed by atoms with Gasteiger partial charge in [-0.3, -0.25) is 0 Å². The zero-order valence-electron chi connectivity index (χ0n) is 10.6. The number of aromatic nitrogens is 5. The molecule has 3 rings (SSSR count). The van der Waals surface area contributed by atoms with Gasteiger partial charge in [0.2, 0.25) is 17.5 Å². The van der Waals surface area contributed by atoms with Crippen LogP contribution in [-0.4, -0.2) is 25.1 Å². The number of nitrogens with zero attached hydrogens (tertiary/aromatic N) is 5. The maximum atomic E-state index is 5.58. The normalized spacial score (nSPS) is 10.8. The molecule has 102 valence electrons. The van der Waals surface area contributed by atoms with Crippen LogP contribution in [0.25, 0.3) is 11.6 Å². The summed E-state index contributed by atoms with van der Waals surface area (Å²) in [5.41, 5.74) is 6.58. The van der Waals surface area contributed by atoms with E-state index < -0.39 is 0 Å². The van der Waals surface area contributed by atoms with Gasteiger partial charge in [0.15, 0.2) is 5.13 Å². The molecule has 0 radical (unpaired) electrons. The highest BCUT2D eigenvalue weighted by molar-refractivity contribution is 7.13. The topological polar surface area (TPSA) is 104 Å². The lowest BCUT2D eigenvalue weighted by molar-refractivity contribution is 0.375. The molecule has 0 aromatic carbocycles. The average molecular weight is 288 g/mol. The van der Waals surface area contributed by atoms with E-state index in [-0.39, 0.29) is 0 Å². The molecule has 0 bridgehead atoms. The Balaban J connectivity index is 1.58. The summed E-state index contributed by atoms with van der Waals surface area (Å²) in [6, 6.07) is 1.74. The van der Waals surface area contributed by atoms with Crippen molar-refractivity contribution in [1.82, 2.24) is 25.1 Å². The molecule has 3 aromatic rings. The molecule has 0 atom stereocenters. The summed E-state index contributed by atoms with van der Waals surface area (Å²) in [5, 5.41) is 6.43. The van der Waals surface area contributed by atoms with Crippen molar-refractivity contribution in [2.45, 2.75) is 19.3 Å². The first-order chi connectivity index (χ1) is 9.81. The number of anilines is 1. The van der Waals surface area contributed by atoms with Crippen molar-refractivity contribution in [2.24, 2.45) is 0 Å².